The lowest BCUT2D eigenvalue weighted by atomic mass is 9.73. The molecule has 1 atom stereocenters. The van der Waals surface area contributed by atoms with Crippen LogP contribution in [0.25, 0.3) is 11.4 Å². The fourth-order valence-electron chi connectivity index (χ4n) is 4.78. The Labute approximate surface area is 197 Å². The molecule has 0 fully saturated rings. The molecule has 33 heavy (non-hydrogen) atoms. The van der Waals surface area contributed by atoms with Crippen LogP contribution in [0.2, 0.25) is 5.02 Å². The summed E-state index contributed by atoms with van der Waals surface area (Å²) in [5.41, 5.74) is 2.92. The SMILES string of the molecule is COc1cccc(C2C3=C(CC(C)(C)CC3=O)Nc3nc(-c4ccccc4Cl)nn32)c1OC. The number of hydrogen-bond donors (Lipinski definition) is 1. The van der Waals surface area contributed by atoms with Crippen LogP contribution in [0.5, 0.6) is 11.5 Å². The summed E-state index contributed by atoms with van der Waals surface area (Å²) in [7, 11) is 3.19. The lowest BCUT2D eigenvalue weighted by molar-refractivity contribution is -0.118. The van der Waals surface area contributed by atoms with Crippen LogP contribution in [0, 0.1) is 5.41 Å². The summed E-state index contributed by atoms with van der Waals surface area (Å²) in [6.45, 7) is 4.21. The number of fused-ring (bicyclic) bond motifs is 1. The van der Waals surface area contributed by atoms with Crippen LogP contribution >= 0.6 is 11.6 Å². The van der Waals surface area contributed by atoms with Crippen molar-refractivity contribution in [2.75, 3.05) is 19.5 Å². The third-order valence-electron chi connectivity index (χ3n) is 6.17. The minimum absolute atomic E-state index is 0.0871. The molecule has 0 saturated carbocycles. The van der Waals surface area contributed by atoms with Crippen molar-refractivity contribution < 1.29 is 14.3 Å². The minimum atomic E-state index is -0.506. The van der Waals surface area contributed by atoms with E-state index in [1.165, 1.54) is 0 Å². The highest BCUT2D eigenvalue weighted by Crippen LogP contribution is 2.48. The van der Waals surface area contributed by atoms with Crippen LogP contribution in [-0.2, 0) is 4.79 Å². The number of halogens is 1. The summed E-state index contributed by atoms with van der Waals surface area (Å²) >= 11 is 6.43. The third-order valence-corrected chi connectivity index (χ3v) is 6.50. The minimum Gasteiger partial charge on any atom is -0.493 e. The molecule has 170 valence electrons. The van der Waals surface area contributed by atoms with E-state index in [-0.39, 0.29) is 11.2 Å². The Morgan fingerprint density at radius 2 is 1.88 bits per heavy atom. The van der Waals surface area contributed by atoms with E-state index in [0.717, 1.165) is 23.2 Å². The number of allylic oxidation sites excluding steroid dienone is 2. The molecular formula is C25H25ClN4O3. The van der Waals surface area contributed by atoms with E-state index in [1.54, 1.807) is 18.9 Å². The Bertz CT molecular complexity index is 1290. The van der Waals surface area contributed by atoms with Crippen molar-refractivity contribution in [2.24, 2.45) is 5.41 Å². The Morgan fingerprint density at radius 1 is 1.09 bits per heavy atom. The van der Waals surface area contributed by atoms with Crippen LogP contribution in [0.3, 0.4) is 0 Å². The van der Waals surface area contributed by atoms with Crippen molar-refractivity contribution in [2.45, 2.75) is 32.7 Å². The molecule has 0 saturated heterocycles. The van der Waals surface area contributed by atoms with Gasteiger partial charge in [-0.2, -0.15) is 4.98 Å². The van der Waals surface area contributed by atoms with Gasteiger partial charge in [0.1, 0.15) is 6.04 Å². The van der Waals surface area contributed by atoms with Crippen molar-refractivity contribution >= 4 is 23.3 Å². The predicted octanol–water partition coefficient (Wildman–Crippen LogP) is 5.27. The predicted molar refractivity (Wildman–Crippen MR) is 127 cm³/mol. The molecule has 2 heterocycles. The van der Waals surface area contributed by atoms with Crippen LogP contribution in [-0.4, -0.2) is 34.8 Å². The first kappa shape index (κ1) is 21.5. The molecule has 0 amide bonds. The zero-order chi connectivity index (χ0) is 23.3. The highest BCUT2D eigenvalue weighted by atomic mass is 35.5. The average Bonchev–Trinajstić information content (AvgIpc) is 3.19. The van der Waals surface area contributed by atoms with Gasteiger partial charge in [0, 0.05) is 28.8 Å². The number of anilines is 1. The zero-order valence-corrected chi connectivity index (χ0v) is 19.7. The Morgan fingerprint density at radius 3 is 2.61 bits per heavy atom. The zero-order valence-electron chi connectivity index (χ0n) is 19.0. The number of benzene rings is 2. The van der Waals surface area contributed by atoms with E-state index in [9.17, 15) is 4.79 Å². The van der Waals surface area contributed by atoms with Gasteiger partial charge in [-0.15, -0.1) is 5.10 Å². The van der Waals surface area contributed by atoms with Gasteiger partial charge in [-0.05, 0) is 30.0 Å². The lowest BCUT2D eigenvalue weighted by Gasteiger charge is -2.38. The summed E-state index contributed by atoms with van der Waals surface area (Å²) in [5.74, 6) is 2.29. The molecule has 1 aliphatic heterocycles. The maximum absolute atomic E-state index is 13.5. The largest absolute Gasteiger partial charge is 0.493 e. The van der Waals surface area contributed by atoms with Gasteiger partial charge in [-0.25, -0.2) is 4.68 Å². The van der Waals surface area contributed by atoms with Gasteiger partial charge in [0.25, 0.3) is 0 Å². The van der Waals surface area contributed by atoms with Gasteiger partial charge in [0.2, 0.25) is 5.95 Å². The Hall–Kier alpha value is -3.32. The van der Waals surface area contributed by atoms with Gasteiger partial charge < -0.3 is 14.8 Å². The van der Waals surface area contributed by atoms with E-state index in [2.05, 4.69) is 19.2 Å². The molecule has 1 aliphatic carbocycles. The molecule has 2 aromatic carbocycles. The number of Topliss-reactive ketones (excluding diaryl/α,β-unsaturated/α-hetero) is 1. The second kappa shape index (κ2) is 7.92. The number of hydrogen-bond acceptors (Lipinski definition) is 6. The average molecular weight is 465 g/mol. The lowest BCUT2D eigenvalue weighted by Crippen LogP contribution is -2.36. The normalized spacial score (nSPS) is 18.9. The van der Waals surface area contributed by atoms with Crippen molar-refractivity contribution in [3.63, 3.8) is 0 Å². The summed E-state index contributed by atoms with van der Waals surface area (Å²) in [4.78, 5) is 18.2. The number of aromatic nitrogens is 3. The quantitative estimate of drug-likeness (QED) is 0.566. The van der Waals surface area contributed by atoms with E-state index in [4.69, 9.17) is 31.2 Å². The van der Waals surface area contributed by atoms with Crippen molar-refractivity contribution in [1.29, 1.82) is 0 Å². The van der Waals surface area contributed by atoms with Gasteiger partial charge in [-0.3, -0.25) is 4.79 Å². The van der Waals surface area contributed by atoms with E-state index in [1.807, 2.05) is 42.5 Å². The molecule has 1 N–H and O–H groups in total. The molecule has 0 bridgehead atoms. The maximum Gasteiger partial charge on any atom is 0.226 e. The van der Waals surface area contributed by atoms with Crippen molar-refractivity contribution in [3.05, 3.63) is 64.3 Å². The molecule has 2 aliphatic rings. The Kier molecular flexibility index (Phi) is 5.16. The number of para-hydroxylation sites is 1. The summed E-state index contributed by atoms with van der Waals surface area (Å²) in [6, 6.07) is 12.6. The standard InChI is InChI=1S/C25H25ClN4O3/c1-25(2)12-17-20(18(31)13-25)21(15-9-7-11-19(32-3)22(15)33-4)30-24(27-17)28-23(29-30)14-8-5-6-10-16(14)26/h5-11,21H,12-13H2,1-4H3,(H,27,28,29). The molecule has 0 radical (unpaired) electrons. The fourth-order valence-corrected chi connectivity index (χ4v) is 5.00. The van der Waals surface area contributed by atoms with Gasteiger partial charge in [0.15, 0.2) is 23.1 Å². The fraction of sp³-hybridized carbons (Fsp3) is 0.320. The van der Waals surface area contributed by atoms with Crippen LogP contribution in [0.4, 0.5) is 5.95 Å². The van der Waals surface area contributed by atoms with Gasteiger partial charge >= 0.3 is 0 Å². The summed E-state index contributed by atoms with van der Waals surface area (Å²) in [5, 5.41) is 8.76. The van der Waals surface area contributed by atoms with Crippen LogP contribution in [0.15, 0.2) is 53.7 Å². The first-order chi connectivity index (χ1) is 15.8. The number of nitrogens with one attached hydrogen (secondary N) is 1. The molecule has 0 spiro atoms. The number of nitrogens with zero attached hydrogens (tertiary/aromatic N) is 3. The van der Waals surface area contributed by atoms with E-state index < -0.39 is 6.04 Å². The highest BCUT2D eigenvalue weighted by molar-refractivity contribution is 6.33. The number of ether oxygens (including phenoxy) is 2. The van der Waals surface area contributed by atoms with E-state index >= 15 is 0 Å². The first-order valence-electron chi connectivity index (χ1n) is 10.8. The van der Waals surface area contributed by atoms with E-state index in [0.29, 0.717) is 40.3 Å². The number of rotatable bonds is 4. The topological polar surface area (TPSA) is 78.3 Å². The molecular weight excluding hydrogens is 440 g/mol. The van der Waals surface area contributed by atoms with Crippen molar-refractivity contribution in [1.82, 2.24) is 14.8 Å². The number of methoxy groups -OCH3 is 2. The van der Waals surface area contributed by atoms with Crippen molar-refractivity contribution in [3.8, 4) is 22.9 Å². The van der Waals surface area contributed by atoms with Crippen LogP contribution in [0.1, 0.15) is 38.3 Å². The first-order valence-corrected chi connectivity index (χ1v) is 11.2. The number of ketones is 1. The number of carbonyl (C=O) groups is 1. The smallest absolute Gasteiger partial charge is 0.226 e. The highest BCUT2D eigenvalue weighted by Gasteiger charge is 2.43. The molecule has 1 unspecified atom stereocenters. The molecule has 1 aromatic heterocycles. The van der Waals surface area contributed by atoms with Crippen LogP contribution < -0.4 is 14.8 Å². The van der Waals surface area contributed by atoms with Gasteiger partial charge in [0.05, 0.1) is 19.2 Å². The molecule has 3 aromatic rings. The molecule has 7 nitrogen and oxygen atoms in total. The Balaban J connectivity index is 1.75. The van der Waals surface area contributed by atoms with Gasteiger partial charge in [-0.1, -0.05) is 49.7 Å². The number of carbonyl (C=O) groups excluding carboxylic acids is 1. The molecule has 8 heteroatoms. The summed E-state index contributed by atoms with van der Waals surface area (Å²) in [6.07, 6.45) is 1.18. The second-order valence-corrected chi connectivity index (χ2v) is 9.53. The molecule has 5 rings (SSSR count). The second-order valence-electron chi connectivity index (χ2n) is 9.13. The maximum atomic E-state index is 13.5. The summed E-state index contributed by atoms with van der Waals surface area (Å²) < 4.78 is 13.0. The monoisotopic (exact) mass is 464 g/mol. The third kappa shape index (κ3) is 3.56.